The normalized spacial score (nSPS) is 25.1. The van der Waals surface area contributed by atoms with Gasteiger partial charge in [0.25, 0.3) is 0 Å². The number of hydrogen-bond acceptors (Lipinski definition) is 3. The highest BCUT2D eigenvalue weighted by Crippen LogP contribution is 2.28. The molecule has 0 bridgehead atoms. The van der Waals surface area contributed by atoms with E-state index in [1.165, 1.54) is 12.1 Å². The zero-order valence-corrected chi connectivity index (χ0v) is 13.3. The van der Waals surface area contributed by atoms with Gasteiger partial charge in [-0.15, -0.1) is 0 Å². The predicted octanol–water partition coefficient (Wildman–Crippen LogP) is 1.80. The van der Waals surface area contributed by atoms with Crippen LogP contribution in [0.1, 0.15) is 32.0 Å². The van der Waals surface area contributed by atoms with Gasteiger partial charge < -0.3 is 4.90 Å². The molecule has 1 aromatic carbocycles. The summed E-state index contributed by atoms with van der Waals surface area (Å²) in [4.78, 5) is 14.1. The minimum absolute atomic E-state index is 0.00125. The minimum atomic E-state index is -0.884. The van der Waals surface area contributed by atoms with Crippen molar-refractivity contribution in [3.05, 3.63) is 35.6 Å². The van der Waals surface area contributed by atoms with Crippen LogP contribution in [0, 0.1) is 5.82 Å². The molecule has 4 atom stereocenters. The van der Waals surface area contributed by atoms with Gasteiger partial charge in [0.05, 0.1) is 6.04 Å². The van der Waals surface area contributed by atoms with Gasteiger partial charge in [-0.1, -0.05) is 12.1 Å². The second-order valence-corrected chi connectivity index (χ2v) is 7.06. The highest BCUT2D eigenvalue weighted by molar-refractivity contribution is 7.84. The monoisotopic (exact) mass is 312 g/mol. The Morgan fingerprint density at radius 1 is 1.48 bits per heavy atom. The fourth-order valence-electron chi connectivity index (χ4n) is 2.62. The summed E-state index contributed by atoms with van der Waals surface area (Å²) in [6.45, 7) is 3.75. The van der Waals surface area contributed by atoms with Crippen LogP contribution >= 0.6 is 0 Å². The van der Waals surface area contributed by atoms with Crippen LogP contribution in [0.4, 0.5) is 4.39 Å². The average Bonchev–Trinajstić information content (AvgIpc) is 2.72. The maximum atomic E-state index is 13.4. The Hall–Kier alpha value is -1.27. The van der Waals surface area contributed by atoms with Crippen molar-refractivity contribution in [3.63, 3.8) is 0 Å². The van der Waals surface area contributed by atoms with Gasteiger partial charge in [-0.05, 0) is 38.0 Å². The van der Waals surface area contributed by atoms with Crippen molar-refractivity contribution < 1.29 is 13.4 Å². The van der Waals surface area contributed by atoms with Gasteiger partial charge in [0.2, 0.25) is 5.91 Å². The van der Waals surface area contributed by atoms with E-state index in [0.29, 0.717) is 12.2 Å². The molecular formula is C15H21FN2O2S. The Kier molecular flexibility index (Phi) is 5.11. The molecule has 1 aliphatic heterocycles. The molecule has 0 spiro atoms. The van der Waals surface area contributed by atoms with Crippen LogP contribution in [0.15, 0.2) is 24.3 Å². The second-order valence-electron chi connectivity index (χ2n) is 5.51. The fourth-order valence-corrected chi connectivity index (χ4v) is 3.29. The largest absolute Gasteiger partial charge is 0.319 e. The number of benzene rings is 1. The van der Waals surface area contributed by atoms with E-state index in [1.54, 1.807) is 24.1 Å². The number of carbonyl (C=O) groups excluding carboxylic acids is 1. The lowest BCUT2D eigenvalue weighted by molar-refractivity contribution is -0.131. The number of nitrogens with zero attached hydrogens (tertiary/aromatic N) is 1. The molecule has 1 aliphatic rings. The van der Waals surface area contributed by atoms with E-state index in [4.69, 9.17) is 0 Å². The highest BCUT2D eigenvalue weighted by atomic mass is 32.2. The average molecular weight is 312 g/mol. The molecular weight excluding hydrogens is 291 g/mol. The van der Waals surface area contributed by atoms with Gasteiger partial charge >= 0.3 is 0 Å². The molecule has 6 heteroatoms. The molecule has 1 aromatic rings. The third-order valence-corrected chi connectivity index (χ3v) is 4.58. The molecule has 4 unspecified atom stereocenters. The number of carbonyl (C=O) groups is 1. The topological polar surface area (TPSA) is 49.4 Å². The molecule has 0 radical (unpaired) electrons. The number of nitrogens with one attached hydrogen (secondary N) is 1. The van der Waals surface area contributed by atoms with Crippen molar-refractivity contribution in [1.82, 2.24) is 10.2 Å². The lowest BCUT2D eigenvalue weighted by Crippen LogP contribution is -2.39. The first kappa shape index (κ1) is 16.1. The molecule has 116 valence electrons. The number of halogens is 1. The van der Waals surface area contributed by atoms with E-state index in [0.717, 1.165) is 5.56 Å². The molecule has 1 saturated heterocycles. The van der Waals surface area contributed by atoms with Crippen molar-refractivity contribution >= 4 is 16.7 Å². The summed E-state index contributed by atoms with van der Waals surface area (Å²) in [7, 11) is -0.884. The van der Waals surface area contributed by atoms with Crippen LogP contribution in [0.2, 0.25) is 0 Å². The SMILES string of the molecule is CC1NC(c2cccc(F)c2)N(C(C)CCS(C)=O)C1=O. The maximum absolute atomic E-state index is 13.4. The first-order valence-electron chi connectivity index (χ1n) is 7.04. The van der Waals surface area contributed by atoms with E-state index in [9.17, 15) is 13.4 Å². The first-order chi connectivity index (χ1) is 9.90. The third kappa shape index (κ3) is 3.68. The van der Waals surface area contributed by atoms with Crippen LogP contribution in [-0.4, -0.2) is 39.1 Å². The summed E-state index contributed by atoms with van der Waals surface area (Å²) in [5.41, 5.74) is 0.733. The second kappa shape index (κ2) is 6.66. The number of rotatable bonds is 5. The molecule has 2 rings (SSSR count). The Morgan fingerprint density at radius 3 is 2.81 bits per heavy atom. The zero-order valence-electron chi connectivity index (χ0n) is 12.5. The number of amides is 1. The number of hydrogen-bond donors (Lipinski definition) is 1. The van der Waals surface area contributed by atoms with E-state index in [-0.39, 0.29) is 30.0 Å². The van der Waals surface area contributed by atoms with Gasteiger partial charge in [-0.3, -0.25) is 14.3 Å². The molecule has 1 fully saturated rings. The summed E-state index contributed by atoms with van der Waals surface area (Å²) < 4.78 is 24.7. The van der Waals surface area contributed by atoms with E-state index in [2.05, 4.69) is 5.32 Å². The van der Waals surface area contributed by atoms with Gasteiger partial charge in [0.15, 0.2) is 0 Å². The molecule has 0 aliphatic carbocycles. The molecule has 21 heavy (non-hydrogen) atoms. The third-order valence-electron chi connectivity index (χ3n) is 3.77. The van der Waals surface area contributed by atoms with Crippen LogP contribution in [0.25, 0.3) is 0 Å². The minimum Gasteiger partial charge on any atom is -0.319 e. The Labute approximate surface area is 127 Å². The van der Waals surface area contributed by atoms with Gasteiger partial charge in [-0.2, -0.15) is 0 Å². The molecule has 0 saturated carbocycles. The summed E-state index contributed by atoms with van der Waals surface area (Å²) in [5.74, 6) is 0.233. The van der Waals surface area contributed by atoms with Crippen molar-refractivity contribution in [1.29, 1.82) is 0 Å². The molecule has 0 aromatic heterocycles. The molecule has 4 nitrogen and oxygen atoms in total. The Bertz CT molecular complexity index is 552. The first-order valence-corrected chi connectivity index (χ1v) is 8.76. The quantitative estimate of drug-likeness (QED) is 0.902. The van der Waals surface area contributed by atoms with Crippen LogP contribution < -0.4 is 5.32 Å². The molecule has 1 heterocycles. The van der Waals surface area contributed by atoms with Gasteiger partial charge in [0, 0.05) is 28.9 Å². The van der Waals surface area contributed by atoms with Crippen LogP contribution in [0.3, 0.4) is 0 Å². The Morgan fingerprint density at radius 2 is 2.19 bits per heavy atom. The molecule has 1 N–H and O–H groups in total. The summed E-state index contributed by atoms with van der Waals surface area (Å²) in [6.07, 6.45) is 1.99. The van der Waals surface area contributed by atoms with E-state index < -0.39 is 10.8 Å². The van der Waals surface area contributed by atoms with E-state index in [1.807, 2.05) is 13.0 Å². The van der Waals surface area contributed by atoms with Gasteiger partial charge in [0.1, 0.15) is 12.0 Å². The summed E-state index contributed by atoms with van der Waals surface area (Å²) in [5, 5.41) is 3.20. The van der Waals surface area contributed by atoms with Crippen LogP contribution in [-0.2, 0) is 15.6 Å². The van der Waals surface area contributed by atoms with Crippen molar-refractivity contribution in [3.8, 4) is 0 Å². The summed E-state index contributed by atoms with van der Waals surface area (Å²) in [6, 6.07) is 5.94. The lowest BCUT2D eigenvalue weighted by atomic mass is 10.1. The fraction of sp³-hybridized carbons (Fsp3) is 0.533. The maximum Gasteiger partial charge on any atom is 0.241 e. The lowest BCUT2D eigenvalue weighted by Gasteiger charge is -2.30. The zero-order chi connectivity index (χ0) is 15.6. The van der Waals surface area contributed by atoms with Crippen molar-refractivity contribution in [2.75, 3.05) is 12.0 Å². The van der Waals surface area contributed by atoms with Crippen LogP contribution in [0.5, 0.6) is 0 Å². The van der Waals surface area contributed by atoms with E-state index >= 15 is 0 Å². The standard InChI is InChI=1S/C15H21FN2O2S/c1-10(7-8-21(3)20)18-14(17-11(2)15(18)19)12-5-4-6-13(16)9-12/h4-6,9-11,14,17H,7-8H2,1-3H3. The Balaban J connectivity index is 2.22. The van der Waals surface area contributed by atoms with Gasteiger partial charge in [-0.25, -0.2) is 4.39 Å². The highest BCUT2D eigenvalue weighted by Gasteiger charge is 2.39. The van der Waals surface area contributed by atoms with Crippen molar-refractivity contribution in [2.24, 2.45) is 0 Å². The van der Waals surface area contributed by atoms with Crippen molar-refractivity contribution in [2.45, 2.75) is 38.5 Å². The molecule has 1 amide bonds. The summed E-state index contributed by atoms with van der Waals surface area (Å²) >= 11 is 0. The smallest absolute Gasteiger partial charge is 0.241 e. The predicted molar refractivity (Wildman–Crippen MR) is 81.6 cm³/mol.